The maximum atomic E-state index is 11.7. The van der Waals surface area contributed by atoms with Gasteiger partial charge in [0, 0.05) is 19.1 Å². The van der Waals surface area contributed by atoms with Crippen molar-refractivity contribution in [3.05, 3.63) is 59.5 Å². The second-order valence-electron chi connectivity index (χ2n) is 5.91. The maximum Gasteiger partial charge on any atom is 0.246 e. The molecule has 3 rings (SSSR count). The first-order valence-electron chi connectivity index (χ1n) is 7.98. The smallest absolute Gasteiger partial charge is 0.246 e. The highest BCUT2D eigenvalue weighted by Gasteiger charge is 2.30. The molecule has 0 fully saturated rings. The summed E-state index contributed by atoms with van der Waals surface area (Å²) in [6.07, 6.45) is 2.74. The molecule has 0 saturated heterocycles. The SMILES string of the molecule is COCC(=O)NC[C@H](c1ccco1)[NH+]1CCc2ccccc2C1. The minimum Gasteiger partial charge on any atom is -0.463 e. The minimum absolute atomic E-state index is 0.0864. The van der Waals surface area contributed by atoms with E-state index >= 15 is 0 Å². The van der Waals surface area contributed by atoms with E-state index in [1.165, 1.54) is 23.1 Å². The number of benzene rings is 1. The van der Waals surface area contributed by atoms with Crippen LogP contribution in [0.5, 0.6) is 0 Å². The number of carbonyl (C=O) groups excluding carboxylic acids is 1. The van der Waals surface area contributed by atoms with Crippen LogP contribution in [0.4, 0.5) is 0 Å². The predicted octanol–water partition coefficient (Wildman–Crippen LogP) is 0.725. The molecule has 0 bridgehead atoms. The van der Waals surface area contributed by atoms with Crippen molar-refractivity contribution in [2.24, 2.45) is 0 Å². The number of carbonyl (C=O) groups is 1. The summed E-state index contributed by atoms with van der Waals surface area (Å²) in [6, 6.07) is 12.6. The number of quaternary nitrogens is 1. The van der Waals surface area contributed by atoms with Crippen molar-refractivity contribution in [1.82, 2.24) is 5.32 Å². The van der Waals surface area contributed by atoms with Gasteiger partial charge in [0.15, 0.2) is 11.8 Å². The van der Waals surface area contributed by atoms with Crippen LogP contribution in [-0.4, -0.2) is 32.7 Å². The highest BCUT2D eigenvalue weighted by Crippen LogP contribution is 2.15. The van der Waals surface area contributed by atoms with Gasteiger partial charge in [0.05, 0.1) is 19.4 Å². The number of hydrogen-bond acceptors (Lipinski definition) is 3. The van der Waals surface area contributed by atoms with Crippen molar-refractivity contribution in [1.29, 1.82) is 0 Å². The fourth-order valence-electron chi connectivity index (χ4n) is 3.23. The molecule has 0 radical (unpaired) electrons. The molecule has 0 aliphatic carbocycles. The normalized spacial score (nSPS) is 18.2. The van der Waals surface area contributed by atoms with Gasteiger partial charge >= 0.3 is 0 Å². The third kappa shape index (κ3) is 3.81. The number of hydrogen-bond donors (Lipinski definition) is 2. The zero-order valence-corrected chi connectivity index (χ0v) is 13.4. The van der Waals surface area contributed by atoms with Gasteiger partial charge in [-0.1, -0.05) is 24.3 Å². The van der Waals surface area contributed by atoms with Gasteiger partial charge in [-0.3, -0.25) is 4.79 Å². The molecular formula is C18H23N2O3+. The molecule has 1 aromatic heterocycles. The van der Waals surface area contributed by atoms with E-state index in [9.17, 15) is 4.79 Å². The van der Waals surface area contributed by atoms with Crippen LogP contribution in [0.1, 0.15) is 22.9 Å². The lowest BCUT2D eigenvalue weighted by Crippen LogP contribution is -3.12. The van der Waals surface area contributed by atoms with Crippen molar-refractivity contribution >= 4 is 5.91 Å². The molecule has 2 heterocycles. The van der Waals surface area contributed by atoms with E-state index in [4.69, 9.17) is 9.15 Å². The van der Waals surface area contributed by atoms with E-state index in [2.05, 4.69) is 29.6 Å². The number of amides is 1. The quantitative estimate of drug-likeness (QED) is 0.826. The Labute approximate surface area is 136 Å². The second kappa shape index (κ2) is 7.44. The van der Waals surface area contributed by atoms with Crippen LogP contribution in [0.25, 0.3) is 0 Å². The Morgan fingerprint density at radius 3 is 2.87 bits per heavy atom. The van der Waals surface area contributed by atoms with E-state index in [-0.39, 0.29) is 18.6 Å². The Balaban J connectivity index is 1.73. The molecule has 122 valence electrons. The Bertz CT molecular complexity index is 639. The van der Waals surface area contributed by atoms with Crippen LogP contribution in [0.2, 0.25) is 0 Å². The second-order valence-corrected chi connectivity index (χ2v) is 5.91. The first-order valence-corrected chi connectivity index (χ1v) is 7.98. The molecule has 2 aromatic rings. The van der Waals surface area contributed by atoms with Gasteiger partial charge in [-0.2, -0.15) is 0 Å². The summed E-state index contributed by atoms with van der Waals surface area (Å²) in [7, 11) is 1.52. The summed E-state index contributed by atoms with van der Waals surface area (Å²) >= 11 is 0. The average molecular weight is 315 g/mol. The van der Waals surface area contributed by atoms with Crippen molar-refractivity contribution < 1.29 is 18.8 Å². The largest absolute Gasteiger partial charge is 0.463 e. The molecule has 2 N–H and O–H groups in total. The number of rotatable bonds is 6. The molecular weight excluding hydrogens is 292 g/mol. The van der Waals surface area contributed by atoms with Gasteiger partial charge in [-0.05, 0) is 17.7 Å². The standard InChI is InChI=1S/C18H22N2O3/c1-22-13-18(21)19-11-16(17-7-4-10-23-17)20-9-8-14-5-2-3-6-15(14)12-20/h2-7,10,16H,8-9,11-13H2,1H3,(H,19,21)/p+1/t16-/m1/s1. The van der Waals surface area contributed by atoms with Crippen LogP contribution in [-0.2, 0) is 22.5 Å². The van der Waals surface area contributed by atoms with Crippen LogP contribution in [0, 0.1) is 0 Å². The highest BCUT2D eigenvalue weighted by atomic mass is 16.5. The predicted molar refractivity (Wildman–Crippen MR) is 86.0 cm³/mol. The van der Waals surface area contributed by atoms with Crippen molar-refractivity contribution in [3.8, 4) is 0 Å². The van der Waals surface area contributed by atoms with E-state index < -0.39 is 0 Å². The third-order valence-corrected chi connectivity index (χ3v) is 4.41. The monoisotopic (exact) mass is 315 g/mol. The van der Waals surface area contributed by atoms with Gasteiger partial charge < -0.3 is 19.4 Å². The van der Waals surface area contributed by atoms with Gasteiger partial charge in [-0.25, -0.2) is 0 Å². The number of furan rings is 1. The van der Waals surface area contributed by atoms with Crippen LogP contribution in [0.3, 0.4) is 0 Å². The number of nitrogens with one attached hydrogen (secondary N) is 2. The molecule has 2 atom stereocenters. The van der Waals surface area contributed by atoms with E-state index in [0.29, 0.717) is 6.54 Å². The van der Waals surface area contributed by atoms with E-state index in [1.54, 1.807) is 6.26 Å². The first kappa shape index (κ1) is 15.8. The number of methoxy groups -OCH3 is 1. The molecule has 0 saturated carbocycles. The summed E-state index contributed by atoms with van der Waals surface area (Å²) in [6.45, 7) is 2.61. The van der Waals surface area contributed by atoms with E-state index in [0.717, 1.165) is 25.3 Å². The summed E-state index contributed by atoms with van der Waals surface area (Å²) in [5, 5.41) is 2.95. The molecule has 5 heteroatoms. The van der Waals surface area contributed by atoms with Crippen molar-refractivity contribution in [3.63, 3.8) is 0 Å². The minimum atomic E-state index is -0.0964. The number of fused-ring (bicyclic) bond motifs is 1. The van der Waals surface area contributed by atoms with Gasteiger partial charge in [0.2, 0.25) is 5.91 Å². The zero-order chi connectivity index (χ0) is 16.1. The maximum absolute atomic E-state index is 11.7. The zero-order valence-electron chi connectivity index (χ0n) is 13.4. The molecule has 0 spiro atoms. The van der Waals surface area contributed by atoms with Gasteiger partial charge in [0.1, 0.15) is 13.2 Å². The molecule has 1 aromatic carbocycles. The Hall–Kier alpha value is -2.11. The lowest BCUT2D eigenvalue weighted by atomic mass is 9.98. The molecule has 23 heavy (non-hydrogen) atoms. The van der Waals surface area contributed by atoms with Crippen molar-refractivity contribution in [2.75, 3.05) is 26.8 Å². The lowest BCUT2D eigenvalue weighted by molar-refractivity contribution is -0.946. The lowest BCUT2D eigenvalue weighted by Gasteiger charge is -2.31. The molecule has 1 aliphatic heterocycles. The molecule has 5 nitrogen and oxygen atoms in total. The molecule has 1 aliphatic rings. The first-order chi connectivity index (χ1) is 11.3. The Morgan fingerprint density at radius 2 is 2.13 bits per heavy atom. The molecule has 1 amide bonds. The number of ether oxygens (including phenoxy) is 1. The summed E-state index contributed by atoms with van der Waals surface area (Å²) in [4.78, 5) is 13.1. The Morgan fingerprint density at radius 1 is 1.30 bits per heavy atom. The molecule has 1 unspecified atom stereocenters. The van der Waals surface area contributed by atoms with Crippen molar-refractivity contribution in [2.45, 2.75) is 19.0 Å². The highest BCUT2D eigenvalue weighted by molar-refractivity contribution is 5.77. The third-order valence-electron chi connectivity index (χ3n) is 4.41. The van der Waals surface area contributed by atoms with Crippen LogP contribution < -0.4 is 10.2 Å². The van der Waals surface area contributed by atoms with E-state index in [1.807, 2.05) is 12.1 Å². The van der Waals surface area contributed by atoms with Gasteiger partial charge in [0.25, 0.3) is 0 Å². The van der Waals surface area contributed by atoms with Crippen LogP contribution >= 0.6 is 0 Å². The summed E-state index contributed by atoms with van der Waals surface area (Å²) in [5.74, 6) is 0.818. The topological polar surface area (TPSA) is 55.9 Å². The van der Waals surface area contributed by atoms with Gasteiger partial charge in [-0.15, -0.1) is 0 Å². The summed E-state index contributed by atoms with van der Waals surface area (Å²) < 4.78 is 10.5. The average Bonchev–Trinajstić information content (AvgIpc) is 3.09. The fraction of sp³-hybridized carbons (Fsp3) is 0.389. The van der Waals surface area contributed by atoms with Crippen LogP contribution in [0.15, 0.2) is 47.1 Å². The Kier molecular flexibility index (Phi) is 5.10. The fourth-order valence-corrected chi connectivity index (χ4v) is 3.23. The summed E-state index contributed by atoms with van der Waals surface area (Å²) in [5.41, 5.74) is 2.81.